The molecule has 0 saturated carbocycles. The van der Waals surface area contributed by atoms with Gasteiger partial charge in [-0.2, -0.15) is 0 Å². The van der Waals surface area contributed by atoms with E-state index in [2.05, 4.69) is 0 Å². The van der Waals surface area contributed by atoms with Crippen molar-refractivity contribution in [3.05, 3.63) is 65.5 Å². The molecule has 3 nitrogen and oxygen atoms in total. The molecule has 1 unspecified atom stereocenters. The Labute approximate surface area is 117 Å². The zero-order valence-electron chi connectivity index (χ0n) is 11.4. The Morgan fingerprint density at radius 1 is 1.15 bits per heavy atom. The van der Waals surface area contributed by atoms with Gasteiger partial charge in [-0.1, -0.05) is 24.3 Å². The molecule has 0 aliphatic carbocycles. The van der Waals surface area contributed by atoms with Crippen LogP contribution in [0.1, 0.15) is 28.9 Å². The highest BCUT2D eigenvalue weighted by Crippen LogP contribution is 2.23. The molecule has 0 spiro atoms. The van der Waals surface area contributed by atoms with Crippen molar-refractivity contribution in [3.8, 4) is 5.75 Å². The van der Waals surface area contributed by atoms with E-state index in [9.17, 15) is 14.3 Å². The van der Waals surface area contributed by atoms with Crippen LogP contribution >= 0.6 is 0 Å². The molecule has 104 valence electrons. The summed E-state index contributed by atoms with van der Waals surface area (Å²) in [6, 6.07) is 12.3. The molecule has 4 heteroatoms. The van der Waals surface area contributed by atoms with E-state index in [-0.39, 0.29) is 23.3 Å². The van der Waals surface area contributed by atoms with Gasteiger partial charge < -0.3 is 10.0 Å². The van der Waals surface area contributed by atoms with Crippen LogP contribution in [-0.2, 0) is 0 Å². The molecule has 2 rings (SSSR count). The van der Waals surface area contributed by atoms with Crippen LogP contribution in [-0.4, -0.2) is 23.0 Å². The largest absolute Gasteiger partial charge is 0.508 e. The van der Waals surface area contributed by atoms with Crippen molar-refractivity contribution in [1.29, 1.82) is 0 Å². The summed E-state index contributed by atoms with van der Waals surface area (Å²) in [5.74, 6) is -0.727. The number of halogens is 1. The molecule has 20 heavy (non-hydrogen) atoms. The average molecular weight is 273 g/mol. The van der Waals surface area contributed by atoms with E-state index < -0.39 is 5.82 Å². The van der Waals surface area contributed by atoms with Gasteiger partial charge in [0, 0.05) is 7.05 Å². The normalized spacial score (nSPS) is 11.9. The van der Waals surface area contributed by atoms with Gasteiger partial charge in [0.05, 0.1) is 11.6 Å². The highest BCUT2D eigenvalue weighted by Gasteiger charge is 2.21. The summed E-state index contributed by atoms with van der Waals surface area (Å²) in [5, 5.41) is 9.27. The lowest BCUT2D eigenvalue weighted by molar-refractivity contribution is 0.0738. The van der Waals surface area contributed by atoms with Crippen molar-refractivity contribution < 1.29 is 14.3 Å². The van der Waals surface area contributed by atoms with Crippen molar-refractivity contribution in [1.82, 2.24) is 4.90 Å². The molecule has 0 bridgehead atoms. The number of hydrogen-bond donors (Lipinski definition) is 1. The number of amides is 1. The van der Waals surface area contributed by atoms with Gasteiger partial charge in [0.25, 0.3) is 5.91 Å². The van der Waals surface area contributed by atoms with Crippen molar-refractivity contribution >= 4 is 5.91 Å². The third-order valence-electron chi connectivity index (χ3n) is 3.38. The first-order chi connectivity index (χ1) is 9.50. The number of hydrogen-bond acceptors (Lipinski definition) is 2. The highest BCUT2D eigenvalue weighted by molar-refractivity contribution is 5.94. The van der Waals surface area contributed by atoms with Crippen molar-refractivity contribution in [2.24, 2.45) is 0 Å². The molecule has 0 heterocycles. The third kappa shape index (κ3) is 2.79. The van der Waals surface area contributed by atoms with Gasteiger partial charge in [-0.05, 0) is 36.8 Å². The SMILES string of the molecule is CC(c1ccc(O)cc1)N(C)C(=O)c1ccccc1F. The molecule has 0 saturated heterocycles. The summed E-state index contributed by atoms with van der Waals surface area (Å²) < 4.78 is 13.6. The minimum atomic E-state index is -0.526. The second kappa shape index (κ2) is 5.74. The van der Waals surface area contributed by atoms with Crippen molar-refractivity contribution in [2.75, 3.05) is 7.05 Å². The summed E-state index contributed by atoms with van der Waals surface area (Å²) in [6.07, 6.45) is 0. The van der Waals surface area contributed by atoms with Crippen LogP contribution in [0.2, 0.25) is 0 Å². The van der Waals surface area contributed by atoms with Crippen LogP contribution in [0.25, 0.3) is 0 Å². The van der Waals surface area contributed by atoms with Crippen LogP contribution in [0.3, 0.4) is 0 Å². The van der Waals surface area contributed by atoms with Crippen LogP contribution in [0.4, 0.5) is 4.39 Å². The minimum Gasteiger partial charge on any atom is -0.508 e. The summed E-state index contributed by atoms with van der Waals surface area (Å²) >= 11 is 0. The van der Waals surface area contributed by atoms with Gasteiger partial charge in [-0.3, -0.25) is 4.79 Å². The fourth-order valence-corrected chi connectivity index (χ4v) is 1.98. The number of benzene rings is 2. The lowest BCUT2D eigenvalue weighted by Crippen LogP contribution is -2.30. The second-order valence-corrected chi connectivity index (χ2v) is 4.66. The van der Waals surface area contributed by atoms with E-state index in [0.29, 0.717) is 0 Å². The average Bonchev–Trinajstić information content (AvgIpc) is 2.46. The second-order valence-electron chi connectivity index (χ2n) is 4.66. The zero-order chi connectivity index (χ0) is 14.7. The molecule has 0 aliphatic rings. The summed E-state index contributed by atoms with van der Waals surface area (Å²) in [4.78, 5) is 13.8. The Bertz CT molecular complexity index is 610. The first-order valence-corrected chi connectivity index (χ1v) is 6.31. The molecule has 0 aromatic heterocycles. The molecule has 0 radical (unpaired) electrons. The molecule has 1 atom stereocenters. The minimum absolute atomic E-state index is 0.0561. The van der Waals surface area contributed by atoms with Crippen LogP contribution in [0, 0.1) is 5.82 Å². The number of carbonyl (C=O) groups is 1. The molecule has 0 aliphatic heterocycles. The van der Waals surface area contributed by atoms with E-state index in [0.717, 1.165) is 5.56 Å². The van der Waals surface area contributed by atoms with Crippen molar-refractivity contribution in [3.63, 3.8) is 0 Å². The first kappa shape index (κ1) is 14.1. The first-order valence-electron chi connectivity index (χ1n) is 6.31. The topological polar surface area (TPSA) is 40.5 Å². The van der Waals surface area contributed by atoms with Crippen LogP contribution in [0.5, 0.6) is 5.75 Å². The van der Waals surface area contributed by atoms with Gasteiger partial charge in [-0.25, -0.2) is 4.39 Å². The summed E-state index contributed by atoms with van der Waals surface area (Å²) in [6.45, 7) is 1.85. The molecule has 1 N–H and O–H groups in total. The number of nitrogens with zero attached hydrogens (tertiary/aromatic N) is 1. The predicted molar refractivity (Wildman–Crippen MR) is 75.0 cm³/mol. The molecule has 1 amide bonds. The Hall–Kier alpha value is -2.36. The maximum atomic E-state index is 13.6. The summed E-state index contributed by atoms with van der Waals surface area (Å²) in [5.41, 5.74) is 0.926. The maximum Gasteiger partial charge on any atom is 0.257 e. The molecule has 0 fully saturated rings. The maximum absolute atomic E-state index is 13.6. The summed E-state index contributed by atoms with van der Waals surface area (Å²) in [7, 11) is 1.63. The molecular formula is C16H16FNO2. The molecule has 2 aromatic rings. The number of aromatic hydroxyl groups is 1. The smallest absolute Gasteiger partial charge is 0.257 e. The van der Waals surface area contributed by atoms with Gasteiger partial charge in [0.1, 0.15) is 11.6 Å². The Kier molecular flexibility index (Phi) is 4.03. The Morgan fingerprint density at radius 3 is 2.35 bits per heavy atom. The molecule has 2 aromatic carbocycles. The van der Waals surface area contributed by atoms with E-state index in [1.54, 1.807) is 43.4 Å². The van der Waals surface area contributed by atoms with Gasteiger partial charge in [-0.15, -0.1) is 0 Å². The monoisotopic (exact) mass is 273 g/mol. The standard InChI is InChI=1S/C16H16FNO2/c1-11(12-7-9-13(19)10-8-12)18(2)16(20)14-5-3-4-6-15(14)17/h3-11,19H,1-2H3. The van der Waals surface area contributed by atoms with Crippen molar-refractivity contribution in [2.45, 2.75) is 13.0 Å². The van der Waals surface area contributed by atoms with Crippen LogP contribution < -0.4 is 0 Å². The third-order valence-corrected chi connectivity index (χ3v) is 3.38. The lowest BCUT2D eigenvalue weighted by Gasteiger charge is -2.25. The van der Waals surface area contributed by atoms with Gasteiger partial charge >= 0.3 is 0 Å². The fraction of sp³-hybridized carbons (Fsp3) is 0.188. The van der Waals surface area contributed by atoms with E-state index in [1.165, 1.54) is 17.0 Å². The van der Waals surface area contributed by atoms with E-state index in [1.807, 2.05) is 6.92 Å². The number of phenolic OH excluding ortho intramolecular Hbond substituents is 1. The number of phenols is 1. The fourth-order valence-electron chi connectivity index (χ4n) is 1.98. The van der Waals surface area contributed by atoms with E-state index in [4.69, 9.17) is 0 Å². The van der Waals surface area contributed by atoms with Gasteiger partial charge in [0.15, 0.2) is 0 Å². The lowest BCUT2D eigenvalue weighted by atomic mass is 10.1. The Balaban J connectivity index is 2.22. The zero-order valence-corrected chi connectivity index (χ0v) is 11.4. The Morgan fingerprint density at radius 2 is 1.75 bits per heavy atom. The van der Waals surface area contributed by atoms with Gasteiger partial charge in [0.2, 0.25) is 0 Å². The van der Waals surface area contributed by atoms with E-state index >= 15 is 0 Å². The number of rotatable bonds is 3. The number of carbonyl (C=O) groups excluding carboxylic acids is 1. The quantitative estimate of drug-likeness (QED) is 0.931. The predicted octanol–water partition coefficient (Wildman–Crippen LogP) is 3.36. The highest BCUT2D eigenvalue weighted by atomic mass is 19.1. The molecular weight excluding hydrogens is 257 g/mol. The van der Waals surface area contributed by atoms with Crippen LogP contribution in [0.15, 0.2) is 48.5 Å².